The third-order valence-electron chi connectivity index (χ3n) is 1.45. The fourth-order valence-electron chi connectivity index (χ4n) is 0.936. The van der Waals surface area contributed by atoms with Crippen molar-refractivity contribution in [1.82, 2.24) is 5.32 Å². The highest BCUT2D eigenvalue weighted by Gasteiger charge is 2.06. The summed E-state index contributed by atoms with van der Waals surface area (Å²) < 4.78 is 0. The second-order valence-corrected chi connectivity index (χ2v) is 1.96. The van der Waals surface area contributed by atoms with Crippen LogP contribution in [-0.2, 0) is 0 Å². The van der Waals surface area contributed by atoms with Crippen LogP contribution in [0.1, 0.15) is 6.42 Å². The minimum atomic E-state index is 0.921. The maximum absolute atomic E-state index is 6.94. The Morgan fingerprint density at radius 3 is 2.89 bits per heavy atom. The summed E-state index contributed by atoms with van der Waals surface area (Å²) >= 11 is 0. The lowest BCUT2D eigenvalue weighted by Gasteiger charge is -1.92. The molecule has 0 spiro atoms. The third kappa shape index (κ3) is 1.02. The summed E-state index contributed by atoms with van der Waals surface area (Å²) in [7, 11) is 0. The van der Waals surface area contributed by atoms with Crippen molar-refractivity contribution in [2.75, 3.05) is 6.54 Å². The van der Waals surface area contributed by atoms with E-state index >= 15 is 0 Å². The molecule has 0 atom stereocenters. The van der Waals surface area contributed by atoms with Gasteiger partial charge in [-0.05, 0) is 12.0 Å². The number of nitrogens with one attached hydrogen (secondary N) is 2. The summed E-state index contributed by atoms with van der Waals surface area (Å²) in [6.07, 6.45) is 4.15. The van der Waals surface area contributed by atoms with Crippen molar-refractivity contribution in [1.29, 1.82) is 5.41 Å². The summed E-state index contributed by atoms with van der Waals surface area (Å²) in [5, 5.41) is 10.0. The zero-order chi connectivity index (χ0) is 6.69. The van der Waals surface area contributed by atoms with Gasteiger partial charge in [0.1, 0.15) is 0 Å². The molecule has 0 saturated carbocycles. The van der Waals surface area contributed by atoms with Gasteiger partial charge in [0, 0.05) is 12.8 Å². The minimum absolute atomic E-state index is 0.921. The number of hydrogen-bond donors (Lipinski definition) is 2. The zero-order valence-corrected chi connectivity index (χ0v) is 5.28. The quantitative estimate of drug-likeness (QED) is 0.528. The monoisotopic (exact) mass is 122 g/mol. The predicted octanol–water partition coefficient (Wildman–Crippen LogP) is 1.07. The molecule has 0 saturated heterocycles. The van der Waals surface area contributed by atoms with Crippen LogP contribution in [0.15, 0.2) is 23.9 Å². The van der Waals surface area contributed by atoms with Crippen LogP contribution in [0.2, 0.25) is 0 Å². The van der Waals surface area contributed by atoms with Crippen molar-refractivity contribution >= 4 is 6.21 Å². The predicted molar refractivity (Wildman–Crippen MR) is 38.6 cm³/mol. The van der Waals surface area contributed by atoms with Gasteiger partial charge in [0.15, 0.2) is 0 Å². The molecule has 0 aromatic carbocycles. The van der Waals surface area contributed by atoms with Gasteiger partial charge in [-0.15, -0.1) is 0 Å². The van der Waals surface area contributed by atoms with Gasteiger partial charge in [-0.25, -0.2) is 0 Å². The van der Waals surface area contributed by atoms with Gasteiger partial charge in [-0.1, -0.05) is 12.7 Å². The Kier molecular flexibility index (Phi) is 1.68. The Balaban J connectivity index is 2.81. The molecule has 48 valence electrons. The van der Waals surface area contributed by atoms with E-state index in [2.05, 4.69) is 11.9 Å². The van der Waals surface area contributed by atoms with Crippen LogP contribution in [0.3, 0.4) is 0 Å². The molecule has 1 rings (SSSR count). The van der Waals surface area contributed by atoms with E-state index in [1.54, 1.807) is 6.08 Å². The van der Waals surface area contributed by atoms with Crippen molar-refractivity contribution in [2.24, 2.45) is 0 Å². The van der Waals surface area contributed by atoms with Gasteiger partial charge in [0.05, 0.1) is 5.70 Å². The molecule has 0 aliphatic carbocycles. The molecule has 0 amide bonds. The molecule has 0 aromatic rings. The van der Waals surface area contributed by atoms with E-state index in [1.807, 2.05) is 0 Å². The van der Waals surface area contributed by atoms with Crippen molar-refractivity contribution in [3.8, 4) is 0 Å². The first kappa shape index (κ1) is 6.08. The van der Waals surface area contributed by atoms with Crippen LogP contribution in [0.25, 0.3) is 0 Å². The summed E-state index contributed by atoms with van der Waals surface area (Å²) in [4.78, 5) is 0. The SMILES string of the molecule is C=CC1=C(C=N)NCC1. The number of allylic oxidation sites excluding steroid dienone is 2. The molecule has 1 aliphatic rings. The maximum Gasteiger partial charge on any atom is 0.0552 e. The molecule has 2 N–H and O–H groups in total. The second-order valence-electron chi connectivity index (χ2n) is 1.96. The highest BCUT2D eigenvalue weighted by Crippen LogP contribution is 2.11. The molecule has 0 radical (unpaired) electrons. The Labute approximate surface area is 54.8 Å². The van der Waals surface area contributed by atoms with Crippen molar-refractivity contribution in [3.63, 3.8) is 0 Å². The van der Waals surface area contributed by atoms with E-state index in [0.29, 0.717) is 0 Å². The van der Waals surface area contributed by atoms with E-state index in [4.69, 9.17) is 5.41 Å². The molecule has 9 heavy (non-hydrogen) atoms. The molecule has 0 unspecified atom stereocenters. The maximum atomic E-state index is 6.94. The van der Waals surface area contributed by atoms with Crippen LogP contribution in [-0.4, -0.2) is 12.8 Å². The Bertz CT molecular complexity index is 150. The molecule has 0 aromatic heterocycles. The average molecular weight is 122 g/mol. The molecule has 1 heterocycles. The van der Waals surface area contributed by atoms with E-state index in [-0.39, 0.29) is 0 Å². The van der Waals surface area contributed by atoms with Crippen LogP contribution in [0.4, 0.5) is 0 Å². The third-order valence-corrected chi connectivity index (χ3v) is 1.45. The van der Waals surface area contributed by atoms with Crippen LogP contribution in [0, 0.1) is 5.41 Å². The average Bonchev–Trinajstić information content (AvgIpc) is 2.33. The summed E-state index contributed by atoms with van der Waals surface area (Å²) in [5.41, 5.74) is 2.08. The van der Waals surface area contributed by atoms with E-state index in [1.165, 1.54) is 6.21 Å². The Hall–Kier alpha value is -1.05. The van der Waals surface area contributed by atoms with Crippen molar-refractivity contribution in [3.05, 3.63) is 23.9 Å². The summed E-state index contributed by atoms with van der Waals surface area (Å²) in [6, 6.07) is 0. The van der Waals surface area contributed by atoms with Crippen molar-refractivity contribution in [2.45, 2.75) is 6.42 Å². The topological polar surface area (TPSA) is 35.9 Å². The van der Waals surface area contributed by atoms with E-state index < -0.39 is 0 Å². The molecule has 0 bridgehead atoms. The van der Waals surface area contributed by atoms with E-state index in [9.17, 15) is 0 Å². The minimum Gasteiger partial charge on any atom is -0.383 e. The molecule has 1 aliphatic heterocycles. The number of rotatable bonds is 2. The first-order valence-electron chi connectivity index (χ1n) is 2.98. The molecular formula is C7H10N2. The zero-order valence-electron chi connectivity index (χ0n) is 5.28. The number of hydrogen-bond acceptors (Lipinski definition) is 2. The lowest BCUT2D eigenvalue weighted by atomic mass is 10.2. The Morgan fingerprint density at radius 2 is 2.44 bits per heavy atom. The van der Waals surface area contributed by atoms with E-state index in [0.717, 1.165) is 24.2 Å². The molecular weight excluding hydrogens is 112 g/mol. The summed E-state index contributed by atoms with van der Waals surface area (Å²) in [6.45, 7) is 4.59. The fraction of sp³-hybridized carbons (Fsp3) is 0.286. The standard InChI is InChI=1S/C7H10N2/c1-2-6-3-4-9-7(6)5-8/h2,5,8-9H,1,3-4H2. The second kappa shape index (κ2) is 2.49. The van der Waals surface area contributed by atoms with Gasteiger partial charge in [-0.2, -0.15) is 0 Å². The van der Waals surface area contributed by atoms with Crippen LogP contribution >= 0.6 is 0 Å². The Morgan fingerprint density at radius 1 is 1.67 bits per heavy atom. The van der Waals surface area contributed by atoms with Crippen LogP contribution in [0.5, 0.6) is 0 Å². The largest absolute Gasteiger partial charge is 0.383 e. The first-order valence-corrected chi connectivity index (χ1v) is 2.98. The smallest absolute Gasteiger partial charge is 0.0552 e. The molecule has 2 heteroatoms. The van der Waals surface area contributed by atoms with Gasteiger partial charge in [-0.3, -0.25) is 0 Å². The highest BCUT2D eigenvalue weighted by molar-refractivity contribution is 5.77. The molecule has 0 fully saturated rings. The van der Waals surface area contributed by atoms with Gasteiger partial charge >= 0.3 is 0 Å². The fourth-order valence-corrected chi connectivity index (χ4v) is 0.936. The van der Waals surface area contributed by atoms with Crippen molar-refractivity contribution < 1.29 is 0 Å². The first-order chi connectivity index (χ1) is 4.38. The van der Waals surface area contributed by atoms with Gasteiger partial charge in [0.2, 0.25) is 0 Å². The molecule has 2 nitrogen and oxygen atoms in total. The highest BCUT2D eigenvalue weighted by atomic mass is 14.9. The van der Waals surface area contributed by atoms with Crippen LogP contribution < -0.4 is 5.32 Å². The van der Waals surface area contributed by atoms with Gasteiger partial charge < -0.3 is 10.7 Å². The van der Waals surface area contributed by atoms with Gasteiger partial charge in [0.25, 0.3) is 0 Å². The normalized spacial score (nSPS) is 17.3. The lowest BCUT2D eigenvalue weighted by Crippen LogP contribution is -2.07. The lowest BCUT2D eigenvalue weighted by molar-refractivity contribution is 0.897. The summed E-state index contributed by atoms with van der Waals surface area (Å²) in [5.74, 6) is 0.